The first-order valence-corrected chi connectivity index (χ1v) is 8.38. The molecular weight excluding hydrogens is 334 g/mol. The summed E-state index contributed by atoms with van der Waals surface area (Å²) in [5.41, 5.74) is 7.17. The number of rotatable bonds is 4. The first-order chi connectivity index (χ1) is 12.4. The monoisotopic (exact) mass is 355 g/mol. The Bertz CT molecular complexity index is 808. The number of anilines is 1. The number of ether oxygens (including phenoxy) is 1. The maximum atomic E-state index is 12.3. The van der Waals surface area contributed by atoms with Crippen molar-refractivity contribution in [1.29, 1.82) is 0 Å². The molecule has 0 spiro atoms. The van der Waals surface area contributed by atoms with Crippen LogP contribution in [0.4, 0.5) is 10.5 Å². The smallest absolute Gasteiger partial charge is 0.432 e. The van der Waals surface area contributed by atoms with Gasteiger partial charge in [-0.15, -0.1) is 5.06 Å². The van der Waals surface area contributed by atoms with Crippen molar-refractivity contribution in [3.05, 3.63) is 54.1 Å². The summed E-state index contributed by atoms with van der Waals surface area (Å²) in [5.74, 6) is 0.851. The number of hydrogen-bond donors (Lipinski definition) is 2. The summed E-state index contributed by atoms with van der Waals surface area (Å²) in [7, 11) is 0. The Balaban J connectivity index is 1.84. The number of carbonyl (C=O) groups is 2. The second-order valence-corrected chi connectivity index (χ2v) is 6.33. The predicted octanol–water partition coefficient (Wildman–Crippen LogP) is 2.74. The Hall–Kier alpha value is -3.06. The molecule has 0 aromatic heterocycles. The van der Waals surface area contributed by atoms with Crippen LogP contribution in [-0.2, 0) is 16.1 Å². The van der Waals surface area contributed by atoms with E-state index in [1.165, 1.54) is 0 Å². The van der Waals surface area contributed by atoms with Gasteiger partial charge in [-0.05, 0) is 56.2 Å². The molecule has 2 aromatic rings. The molecule has 7 heteroatoms. The summed E-state index contributed by atoms with van der Waals surface area (Å²) in [5, 5.41) is 3.53. The third-order valence-corrected chi connectivity index (χ3v) is 3.79. The normalized spacial score (nSPS) is 16.2. The number of hydroxylamine groups is 1. The molecule has 1 heterocycles. The summed E-state index contributed by atoms with van der Waals surface area (Å²) in [6.45, 7) is 3.60. The van der Waals surface area contributed by atoms with Gasteiger partial charge >= 0.3 is 6.09 Å². The van der Waals surface area contributed by atoms with Gasteiger partial charge in [0.15, 0.2) is 0 Å². The van der Waals surface area contributed by atoms with E-state index in [1.807, 2.05) is 30.3 Å². The van der Waals surface area contributed by atoms with Crippen molar-refractivity contribution in [2.24, 2.45) is 5.73 Å². The average Bonchev–Trinajstić information content (AvgIpc) is 2.59. The molecule has 3 rings (SSSR count). The fraction of sp³-hybridized carbons (Fsp3) is 0.263. The van der Waals surface area contributed by atoms with Gasteiger partial charge in [-0.25, -0.2) is 4.79 Å². The van der Waals surface area contributed by atoms with Gasteiger partial charge in [-0.2, -0.15) is 0 Å². The van der Waals surface area contributed by atoms with Gasteiger partial charge in [-0.1, -0.05) is 18.2 Å². The van der Waals surface area contributed by atoms with E-state index in [2.05, 4.69) is 5.32 Å². The Morgan fingerprint density at radius 3 is 2.62 bits per heavy atom. The van der Waals surface area contributed by atoms with Crippen LogP contribution in [0.25, 0.3) is 0 Å². The minimum atomic E-state index is -0.790. The van der Waals surface area contributed by atoms with Crippen molar-refractivity contribution < 1.29 is 19.2 Å². The summed E-state index contributed by atoms with van der Waals surface area (Å²) in [4.78, 5) is 29.4. The molecule has 26 heavy (non-hydrogen) atoms. The Labute approximate surface area is 151 Å². The number of para-hydroxylation sites is 1. The highest BCUT2D eigenvalue weighted by molar-refractivity contribution is 5.99. The van der Waals surface area contributed by atoms with Crippen molar-refractivity contribution in [2.45, 2.75) is 32.4 Å². The number of amides is 2. The fourth-order valence-electron chi connectivity index (χ4n) is 2.64. The molecule has 3 N–H and O–H groups in total. The van der Waals surface area contributed by atoms with Crippen molar-refractivity contribution in [3.8, 4) is 11.5 Å². The van der Waals surface area contributed by atoms with Crippen LogP contribution in [0.1, 0.15) is 19.4 Å². The predicted molar refractivity (Wildman–Crippen MR) is 96.9 cm³/mol. The van der Waals surface area contributed by atoms with Crippen LogP contribution in [-0.4, -0.2) is 24.1 Å². The van der Waals surface area contributed by atoms with Gasteiger partial charge in [0.05, 0.1) is 11.7 Å². The second kappa shape index (κ2) is 7.45. The minimum Gasteiger partial charge on any atom is -0.457 e. The molecule has 0 saturated heterocycles. The van der Waals surface area contributed by atoms with E-state index in [4.69, 9.17) is 15.3 Å². The summed E-state index contributed by atoms with van der Waals surface area (Å²) < 4.78 is 5.81. The highest BCUT2D eigenvalue weighted by Crippen LogP contribution is 2.32. The molecular formula is C19H21N3O4. The van der Waals surface area contributed by atoms with E-state index < -0.39 is 18.0 Å². The number of benzene rings is 2. The van der Waals surface area contributed by atoms with Gasteiger partial charge in [0.1, 0.15) is 11.5 Å². The van der Waals surface area contributed by atoms with E-state index in [0.717, 1.165) is 10.6 Å². The van der Waals surface area contributed by atoms with Gasteiger partial charge in [0, 0.05) is 6.04 Å². The number of nitrogens with one attached hydrogen (secondary N) is 1. The van der Waals surface area contributed by atoms with Crippen LogP contribution in [0.5, 0.6) is 11.5 Å². The zero-order chi connectivity index (χ0) is 18.7. The molecule has 0 radical (unpaired) electrons. The van der Waals surface area contributed by atoms with Crippen LogP contribution in [0, 0.1) is 0 Å². The van der Waals surface area contributed by atoms with Crippen molar-refractivity contribution in [3.63, 3.8) is 0 Å². The molecule has 136 valence electrons. The van der Waals surface area contributed by atoms with E-state index >= 15 is 0 Å². The lowest BCUT2D eigenvalue weighted by atomic mass is 9.99. The second-order valence-electron chi connectivity index (χ2n) is 6.33. The zero-order valence-electron chi connectivity index (χ0n) is 14.6. The molecule has 0 fully saturated rings. The molecule has 2 amide bonds. The topological polar surface area (TPSA) is 93.9 Å². The molecule has 0 bridgehead atoms. The molecule has 1 aliphatic heterocycles. The van der Waals surface area contributed by atoms with Gasteiger partial charge in [0.2, 0.25) is 0 Å². The molecule has 0 aliphatic carbocycles. The largest absolute Gasteiger partial charge is 0.457 e. The quantitative estimate of drug-likeness (QED) is 0.879. The standard InChI is InChI=1S/C19H21N3O4/c1-12(2)21-19(24)26-22-17-9-8-15(25-14-6-4-3-5-7-14)10-13(17)11-16(20)18(22)23/h3-10,12,16H,11,20H2,1-2H3,(H,21,24)/t16-/m0/s1. The highest BCUT2D eigenvalue weighted by atomic mass is 16.7. The molecule has 2 aromatic carbocycles. The van der Waals surface area contributed by atoms with Gasteiger partial charge in [0.25, 0.3) is 5.91 Å². The summed E-state index contributed by atoms with van der Waals surface area (Å²) in [6.07, 6.45) is -0.371. The number of fused-ring (bicyclic) bond motifs is 1. The van der Waals surface area contributed by atoms with E-state index in [1.54, 1.807) is 32.0 Å². The molecule has 0 unspecified atom stereocenters. The van der Waals surface area contributed by atoms with Crippen molar-refractivity contribution >= 4 is 17.7 Å². The van der Waals surface area contributed by atoms with E-state index in [-0.39, 0.29) is 6.04 Å². The van der Waals surface area contributed by atoms with Crippen LogP contribution in [0.15, 0.2) is 48.5 Å². The Morgan fingerprint density at radius 1 is 1.19 bits per heavy atom. The number of nitrogens with two attached hydrogens (primary N) is 1. The number of hydrogen-bond acceptors (Lipinski definition) is 5. The molecule has 1 atom stereocenters. The maximum absolute atomic E-state index is 12.3. The summed E-state index contributed by atoms with van der Waals surface area (Å²) >= 11 is 0. The third-order valence-electron chi connectivity index (χ3n) is 3.79. The lowest BCUT2D eigenvalue weighted by Gasteiger charge is -2.31. The SMILES string of the molecule is CC(C)NC(=O)ON1C(=O)[C@@H](N)Cc2cc(Oc3ccccc3)ccc21. The third kappa shape index (κ3) is 3.94. The number of nitrogens with zero attached hydrogens (tertiary/aromatic N) is 1. The van der Waals surface area contributed by atoms with Crippen LogP contribution in [0.3, 0.4) is 0 Å². The lowest BCUT2D eigenvalue weighted by Crippen LogP contribution is -2.51. The average molecular weight is 355 g/mol. The highest BCUT2D eigenvalue weighted by Gasteiger charge is 2.34. The fourth-order valence-corrected chi connectivity index (χ4v) is 2.64. The lowest BCUT2D eigenvalue weighted by molar-refractivity contribution is -0.125. The van der Waals surface area contributed by atoms with Crippen LogP contribution >= 0.6 is 0 Å². The van der Waals surface area contributed by atoms with Crippen LogP contribution in [0.2, 0.25) is 0 Å². The molecule has 0 saturated carbocycles. The maximum Gasteiger partial charge on any atom is 0.432 e. The minimum absolute atomic E-state index is 0.114. The summed E-state index contributed by atoms with van der Waals surface area (Å²) in [6, 6.07) is 13.6. The first-order valence-electron chi connectivity index (χ1n) is 8.38. The van der Waals surface area contributed by atoms with Crippen molar-refractivity contribution in [1.82, 2.24) is 5.32 Å². The van der Waals surface area contributed by atoms with E-state index in [9.17, 15) is 9.59 Å². The van der Waals surface area contributed by atoms with Crippen LogP contribution < -0.4 is 20.9 Å². The first kappa shape index (κ1) is 17.8. The Kier molecular flexibility index (Phi) is 5.09. The zero-order valence-corrected chi connectivity index (χ0v) is 14.6. The van der Waals surface area contributed by atoms with E-state index in [0.29, 0.717) is 23.6 Å². The van der Waals surface area contributed by atoms with Crippen molar-refractivity contribution in [2.75, 3.05) is 5.06 Å². The van der Waals surface area contributed by atoms with Gasteiger partial charge < -0.3 is 20.6 Å². The molecule has 1 aliphatic rings. The van der Waals surface area contributed by atoms with Gasteiger partial charge in [-0.3, -0.25) is 4.79 Å². The number of carbonyl (C=O) groups excluding carboxylic acids is 2. The molecule has 7 nitrogen and oxygen atoms in total. The Morgan fingerprint density at radius 2 is 1.92 bits per heavy atom.